The number of amides is 1. The van der Waals surface area contributed by atoms with Gasteiger partial charge in [-0.3, -0.25) is 4.79 Å². The zero-order valence-electron chi connectivity index (χ0n) is 11.5. The van der Waals surface area contributed by atoms with Crippen LogP contribution in [0.1, 0.15) is 27.6 Å². The van der Waals surface area contributed by atoms with Crippen LogP contribution in [0.4, 0.5) is 0 Å². The Morgan fingerprint density at radius 3 is 2.59 bits per heavy atom. The monoisotopic (exact) mass is 316 g/mol. The first-order valence-electron chi connectivity index (χ1n) is 6.41. The lowest BCUT2D eigenvalue weighted by atomic mass is 10.1. The predicted molar refractivity (Wildman–Crippen MR) is 81.6 cm³/mol. The van der Waals surface area contributed by atoms with Gasteiger partial charge < -0.3 is 15.6 Å². The first kappa shape index (κ1) is 15.8. The minimum Gasteiger partial charge on any atom is -0.490 e. The molecule has 5 nitrogen and oxygen atoms in total. The predicted octanol–water partition coefficient (Wildman–Crippen LogP) is 2.42. The summed E-state index contributed by atoms with van der Waals surface area (Å²) >= 11 is 5.81. The van der Waals surface area contributed by atoms with Crippen LogP contribution in [0.15, 0.2) is 42.5 Å². The molecule has 0 aliphatic rings. The van der Waals surface area contributed by atoms with E-state index in [9.17, 15) is 9.90 Å². The maximum atomic E-state index is 11.3. The first-order chi connectivity index (χ1) is 10.5. The normalized spacial score (nSPS) is 11.5. The minimum atomic E-state index is -0.899. The van der Waals surface area contributed by atoms with Crippen molar-refractivity contribution in [3.63, 3.8) is 0 Å². The average Bonchev–Trinajstić information content (AvgIpc) is 2.53. The highest BCUT2D eigenvalue weighted by Gasteiger charge is 2.13. The van der Waals surface area contributed by atoms with Gasteiger partial charge in [-0.1, -0.05) is 23.7 Å². The van der Waals surface area contributed by atoms with Crippen LogP contribution in [0.2, 0.25) is 5.02 Å². The molecule has 1 atom stereocenters. The van der Waals surface area contributed by atoms with Crippen LogP contribution in [0.3, 0.4) is 0 Å². The van der Waals surface area contributed by atoms with Crippen molar-refractivity contribution in [3.8, 4) is 11.8 Å². The molecular formula is C16H13ClN2O3. The Hall–Kier alpha value is -2.55. The number of halogens is 1. The van der Waals surface area contributed by atoms with Gasteiger partial charge in [0.15, 0.2) is 0 Å². The SMILES string of the molecule is N#Cc1ccc(C(O)COc2ccc(Cl)cc2C(N)=O)cc1. The topological polar surface area (TPSA) is 96.3 Å². The Kier molecular flexibility index (Phi) is 4.99. The Balaban J connectivity index is 2.09. The summed E-state index contributed by atoms with van der Waals surface area (Å²) in [6, 6.07) is 13.0. The fourth-order valence-corrected chi connectivity index (χ4v) is 2.04. The van der Waals surface area contributed by atoms with Crippen LogP contribution in [-0.2, 0) is 0 Å². The number of ether oxygens (including phenoxy) is 1. The number of nitrogens with two attached hydrogens (primary N) is 1. The van der Waals surface area contributed by atoms with Gasteiger partial charge in [0, 0.05) is 5.02 Å². The van der Waals surface area contributed by atoms with Crippen molar-refractivity contribution in [3.05, 3.63) is 64.2 Å². The Morgan fingerprint density at radius 1 is 1.32 bits per heavy atom. The fourth-order valence-electron chi connectivity index (χ4n) is 1.87. The summed E-state index contributed by atoms with van der Waals surface area (Å²) in [7, 11) is 0. The molecule has 0 saturated carbocycles. The highest BCUT2D eigenvalue weighted by atomic mass is 35.5. The summed E-state index contributed by atoms with van der Waals surface area (Å²) in [6.07, 6.45) is -0.899. The quantitative estimate of drug-likeness (QED) is 0.885. The molecule has 6 heteroatoms. The van der Waals surface area contributed by atoms with E-state index in [1.54, 1.807) is 30.3 Å². The molecule has 1 amide bonds. The van der Waals surface area contributed by atoms with Gasteiger partial charge in [0.05, 0.1) is 17.2 Å². The molecule has 0 aromatic heterocycles. The summed E-state index contributed by atoms with van der Waals surface area (Å²) in [5.74, 6) is -0.407. The minimum absolute atomic E-state index is 0.0617. The molecule has 112 valence electrons. The fraction of sp³-hybridized carbons (Fsp3) is 0.125. The third-order valence-corrected chi connectivity index (χ3v) is 3.26. The standard InChI is InChI=1S/C16H13ClN2O3/c17-12-5-6-15(13(7-12)16(19)21)22-9-14(20)11-3-1-10(8-18)2-4-11/h1-7,14,20H,9H2,(H2,19,21). The molecule has 0 fully saturated rings. The van der Waals surface area contributed by atoms with Crippen molar-refractivity contribution in [2.45, 2.75) is 6.10 Å². The van der Waals surface area contributed by atoms with Crippen LogP contribution < -0.4 is 10.5 Å². The number of carbonyl (C=O) groups is 1. The Bertz CT molecular complexity index is 723. The summed E-state index contributed by atoms with van der Waals surface area (Å²) in [6.45, 7) is -0.0617. The number of aliphatic hydroxyl groups is 1. The van der Waals surface area contributed by atoms with Crippen molar-refractivity contribution in [2.75, 3.05) is 6.61 Å². The number of primary amides is 1. The van der Waals surface area contributed by atoms with E-state index in [2.05, 4.69) is 0 Å². The molecular weight excluding hydrogens is 304 g/mol. The van der Waals surface area contributed by atoms with Gasteiger partial charge in [-0.15, -0.1) is 0 Å². The third kappa shape index (κ3) is 3.76. The highest BCUT2D eigenvalue weighted by molar-refractivity contribution is 6.31. The molecule has 1 unspecified atom stereocenters. The third-order valence-electron chi connectivity index (χ3n) is 3.03. The smallest absolute Gasteiger partial charge is 0.252 e. The maximum Gasteiger partial charge on any atom is 0.252 e. The lowest BCUT2D eigenvalue weighted by molar-refractivity contribution is 0.0967. The molecule has 0 heterocycles. The number of nitriles is 1. The zero-order chi connectivity index (χ0) is 16.1. The van der Waals surface area contributed by atoms with Crippen molar-refractivity contribution >= 4 is 17.5 Å². The van der Waals surface area contributed by atoms with Gasteiger partial charge in [0.1, 0.15) is 18.5 Å². The number of hydrogen-bond donors (Lipinski definition) is 2. The molecule has 0 bridgehead atoms. The van der Waals surface area contributed by atoms with Gasteiger partial charge in [0.25, 0.3) is 5.91 Å². The summed E-state index contributed by atoms with van der Waals surface area (Å²) in [5, 5.41) is 19.2. The van der Waals surface area contributed by atoms with E-state index in [1.165, 1.54) is 12.1 Å². The van der Waals surface area contributed by atoms with Gasteiger partial charge in [0.2, 0.25) is 0 Å². The number of hydrogen-bond acceptors (Lipinski definition) is 4. The van der Waals surface area contributed by atoms with E-state index >= 15 is 0 Å². The second-order valence-corrected chi connectivity index (χ2v) is 5.00. The van der Waals surface area contributed by atoms with Gasteiger partial charge in [-0.05, 0) is 35.9 Å². The van der Waals surface area contributed by atoms with E-state index in [-0.39, 0.29) is 17.9 Å². The number of nitrogens with zero attached hydrogens (tertiary/aromatic N) is 1. The van der Waals surface area contributed by atoms with Crippen LogP contribution in [-0.4, -0.2) is 17.6 Å². The molecule has 0 aliphatic carbocycles. The second-order valence-electron chi connectivity index (χ2n) is 4.57. The van der Waals surface area contributed by atoms with Crippen LogP contribution >= 0.6 is 11.6 Å². The molecule has 3 N–H and O–H groups in total. The van der Waals surface area contributed by atoms with Crippen molar-refractivity contribution in [2.24, 2.45) is 5.73 Å². The van der Waals surface area contributed by atoms with Crippen molar-refractivity contribution < 1.29 is 14.6 Å². The molecule has 0 radical (unpaired) electrons. The summed E-state index contributed by atoms with van der Waals surface area (Å²) in [4.78, 5) is 11.3. The first-order valence-corrected chi connectivity index (χ1v) is 6.79. The van der Waals surface area contributed by atoms with E-state index in [0.29, 0.717) is 16.1 Å². The average molecular weight is 317 g/mol. The molecule has 2 rings (SSSR count). The number of aliphatic hydroxyl groups excluding tert-OH is 1. The maximum absolute atomic E-state index is 11.3. The second kappa shape index (κ2) is 6.94. The van der Waals surface area contributed by atoms with Crippen LogP contribution in [0.5, 0.6) is 5.75 Å². The van der Waals surface area contributed by atoms with E-state index in [0.717, 1.165) is 0 Å². The number of carbonyl (C=O) groups excluding carboxylic acids is 1. The summed E-state index contributed by atoms with van der Waals surface area (Å²) < 4.78 is 5.45. The van der Waals surface area contributed by atoms with Crippen molar-refractivity contribution in [1.29, 1.82) is 5.26 Å². The lowest BCUT2D eigenvalue weighted by Gasteiger charge is -2.14. The lowest BCUT2D eigenvalue weighted by Crippen LogP contribution is -2.15. The molecule has 0 spiro atoms. The Morgan fingerprint density at radius 2 is 2.00 bits per heavy atom. The zero-order valence-corrected chi connectivity index (χ0v) is 12.2. The molecule has 0 aliphatic heterocycles. The van der Waals surface area contributed by atoms with Gasteiger partial charge in [-0.2, -0.15) is 5.26 Å². The summed E-state index contributed by atoms with van der Waals surface area (Å²) in [5.41, 5.74) is 6.52. The van der Waals surface area contributed by atoms with Crippen LogP contribution in [0, 0.1) is 11.3 Å². The molecule has 0 saturated heterocycles. The van der Waals surface area contributed by atoms with Crippen molar-refractivity contribution in [1.82, 2.24) is 0 Å². The molecule has 2 aromatic carbocycles. The van der Waals surface area contributed by atoms with E-state index < -0.39 is 12.0 Å². The van der Waals surface area contributed by atoms with Gasteiger partial charge in [-0.25, -0.2) is 0 Å². The van der Waals surface area contributed by atoms with E-state index in [1.807, 2.05) is 6.07 Å². The van der Waals surface area contributed by atoms with Gasteiger partial charge >= 0.3 is 0 Å². The highest BCUT2D eigenvalue weighted by Crippen LogP contribution is 2.24. The Labute approximate surface area is 132 Å². The molecule has 2 aromatic rings. The van der Waals surface area contributed by atoms with E-state index in [4.69, 9.17) is 27.3 Å². The number of rotatable bonds is 5. The number of benzene rings is 2. The van der Waals surface area contributed by atoms with Crippen LogP contribution in [0.25, 0.3) is 0 Å². The largest absolute Gasteiger partial charge is 0.490 e. The molecule has 22 heavy (non-hydrogen) atoms.